The number of ether oxygens (including phenoxy) is 2. The quantitative estimate of drug-likeness (QED) is 0.0943. The van der Waals surface area contributed by atoms with Gasteiger partial charge in [-0.3, -0.25) is 0 Å². The van der Waals surface area contributed by atoms with Crippen LogP contribution in [0.25, 0.3) is 35.4 Å². The molecule has 0 aliphatic heterocycles. The number of unbranched alkanes of at least 4 members (excludes halogenated alkanes) is 6. The molecule has 4 aromatic rings. The minimum absolute atomic E-state index is 0.0109. The molecule has 0 radical (unpaired) electrons. The number of fused-ring (bicyclic) bond motifs is 3. The summed E-state index contributed by atoms with van der Waals surface area (Å²) in [6.45, 7) is 4.62. The van der Waals surface area contributed by atoms with E-state index in [0.29, 0.717) is 0 Å². The maximum atomic E-state index is 5.41. The van der Waals surface area contributed by atoms with Crippen LogP contribution >= 0.6 is 0 Å². The first-order valence-electron chi connectivity index (χ1n) is 17.0. The molecule has 0 spiro atoms. The van der Waals surface area contributed by atoms with E-state index in [9.17, 15) is 0 Å². The fourth-order valence-electron chi connectivity index (χ4n) is 7.13. The fraction of sp³-hybridized carbons (Fsp3) is 0.349. The minimum Gasteiger partial charge on any atom is -0.497 e. The fourth-order valence-corrected chi connectivity index (χ4v) is 7.13. The van der Waals surface area contributed by atoms with Gasteiger partial charge in [-0.2, -0.15) is 0 Å². The van der Waals surface area contributed by atoms with Gasteiger partial charge < -0.3 is 9.47 Å². The van der Waals surface area contributed by atoms with Gasteiger partial charge in [-0.25, -0.2) is 0 Å². The normalized spacial score (nSPS) is 13.3. The topological polar surface area (TPSA) is 18.5 Å². The van der Waals surface area contributed by atoms with Crippen LogP contribution in [-0.4, -0.2) is 14.2 Å². The van der Waals surface area contributed by atoms with Crippen LogP contribution in [0.2, 0.25) is 0 Å². The summed E-state index contributed by atoms with van der Waals surface area (Å²) < 4.78 is 10.8. The van der Waals surface area contributed by atoms with Crippen LogP contribution < -0.4 is 9.47 Å². The second-order valence-corrected chi connectivity index (χ2v) is 12.5. The van der Waals surface area contributed by atoms with Gasteiger partial charge in [-0.1, -0.05) is 150 Å². The van der Waals surface area contributed by atoms with E-state index in [0.717, 1.165) is 11.5 Å². The molecule has 0 unspecified atom stereocenters. The average Bonchev–Trinajstić information content (AvgIpc) is 3.38. The minimum atomic E-state index is 0.0109. The van der Waals surface area contributed by atoms with Gasteiger partial charge in [0.2, 0.25) is 0 Å². The molecule has 0 heterocycles. The standard InChI is InChI=1S/C43H50O2/c1-5-7-9-13-31-43(32-14-10-8-6-2)40-16-12-11-15-39(40)41-35(23-17-33-19-27-37(44-3)28-20-33)25-26-36(42(41)43)24-18-34-21-29-38(45-4)30-22-34/h11-12,15-30H,5-10,13-14,31-32H2,1-4H3/b23-17+,24-18+. The molecule has 0 saturated heterocycles. The molecule has 2 heteroatoms. The predicted molar refractivity (Wildman–Crippen MR) is 194 cm³/mol. The summed E-state index contributed by atoms with van der Waals surface area (Å²) in [4.78, 5) is 0. The van der Waals surface area contributed by atoms with E-state index < -0.39 is 0 Å². The number of hydrogen-bond acceptors (Lipinski definition) is 2. The highest BCUT2D eigenvalue weighted by molar-refractivity contribution is 5.93. The van der Waals surface area contributed by atoms with Crippen molar-refractivity contribution in [1.82, 2.24) is 0 Å². The lowest BCUT2D eigenvalue weighted by molar-refractivity contribution is 0.400. The van der Waals surface area contributed by atoms with Gasteiger partial charge in [-0.05, 0) is 81.6 Å². The molecule has 5 rings (SSSR count). The van der Waals surface area contributed by atoms with Crippen LogP contribution in [0.5, 0.6) is 11.5 Å². The lowest BCUT2D eigenvalue weighted by atomic mass is 9.69. The first-order valence-corrected chi connectivity index (χ1v) is 17.0. The van der Waals surface area contributed by atoms with Crippen molar-refractivity contribution in [3.8, 4) is 22.6 Å². The number of benzene rings is 4. The lowest BCUT2D eigenvalue weighted by Crippen LogP contribution is -2.26. The lowest BCUT2D eigenvalue weighted by Gasteiger charge is -2.34. The van der Waals surface area contributed by atoms with Crippen LogP contribution in [0, 0.1) is 0 Å². The van der Waals surface area contributed by atoms with E-state index in [1.165, 1.54) is 109 Å². The van der Waals surface area contributed by atoms with E-state index in [2.05, 4.69) is 98.8 Å². The van der Waals surface area contributed by atoms with E-state index >= 15 is 0 Å². The van der Waals surface area contributed by atoms with Gasteiger partial charge in [0.1, 0.15) is 11.5 Å². The molecule has 0 atom stereocenters. The van der Waals surface area contributed by atoms with Crippen LogP contribution in [0.1, 0.15) is 111 Å². The molecule has 0 amide bonds. The molecule has 4 aromatic carbocycles. The smallest absolute Gasteiger partial charge is 0.118 e. The Balaban J connectivity index is 1.66. The second kappa shape index (κ2) is 15.8. The zero-order valence-electron chi connectivity index (χ0n) is 27.8. The summed E-state index contributed by atoms with van der Waals surface area (Å²) in [5.74, 6) is 1.76. The van der Waals surface area contributed by atoms with Gasteiger partial charge in [-0.15, -0.1) is 0 Å². The highest BCUT2D eigenvalue weighted by Gasteiger charge is 2.44. The maximum absolute atomic E-state index is 5.41. The average molecular weight is 599 g/mol. The van der Waals surface area contributed by atoms with Gasteiger partial charge in [0.25, 0.3) is 0 Å². The molecule has 1 aliphatic carbocycles. The van der Waals surface area contributed by atoms with Gasteiger partial charge in [0.15, 0.2) is 0 Å². The molecule has 234 valence electrons. The van der Waals surface area contributed by atoms with Crippen molar-refractivity contribution in [1.29, 1.82) is 0 Å². The van der Waals surface area contributed by atoms with Gasteiger partial charge in [0, 0.05) is 5.41 Å². The third-order valence-electron chi connectivity index (χ3n) is 9.52. The van der Waals surface area contributed by atoms with Crippen LogP contribution in [0.4, 0.5) is 0 Å². The Labute approximate surface area is 271 Å². The van der Waals surface area contributed by atoms with Gasteiger partial charge in [0.05, 0.1) is 14.2 Å². The third kappa shape index (κ3) is 7.44. The van der Waals surface area contributed by atoms with Crippen LogP contribution in [-0.2, 0) is 5.41 Å². The molecular weight excluding hydrogens is 548 g/mol. The Morgan fingerprint density at radius 3 is 1.58 bits per heavy atom. The van der Waals surface area contributed by atoms with Crippen molar-refractivity contribution < 1.29 is 9.47 Å². The molecule has 0 aromatic heterocycles. The second-order valence-electron chi connectivity index (χ2n) is 12.5. The summed E-state index contributed by atoms with van der Waals surface area (Å²) in [7, 11) is 3.43. The molecular formula is C43H50O2. The van der Waals surface area contributed by atoms with E-state index in [4.69, 9.17) is 9.47 Å². The first-order chi connectivity index (χ1) is 22.1. The van der Waals surface area contributed by atoms with Crippen molar-refractivity contribution in [2.75, 3.05) is 14.2 Å². The molecule has 0 saturated carbocycles. The molecule has 2 nitrogen and oxygen atoms in total. The summed E-state index contributed by atoms with van der Waals surface area (Å²) in [5, 5.41) is 0. The van der Waals surface area contributed by atoms with Gasteiger partial charge >= 0.3 is 0 Å². The highest BCUT2D eigenvalue weighted by atomic mass is 16.5. The largest absolute Gasteiger partial charge is 0.497 e. The zero-order chi connectivity index (χ0) is 31.5. The van der Waals surface area contributed by atoms with Crippen LogP contribution in [0.15, 0.2) is 84.9 Å². The van der Waals surface area contributed by atoms with Crippen molar-refractivity contribution >= 4 is 24.3 Å². The molecule has 0 N–H and O–H groups in total. The Morgan fingerprint density at radius 2 is 1.04 bits per heavy atom. The molecule has 1 aliphatic rings. The number of rotatable bonds is 16. The molecule has 0 fully saturated rings. The SMILES string of the molecule is CCCCCCC1(CCCCCC)c2ccccc2-c2c(/C=C/c3ccc(OC)cc3)ccc(/C=C/c3ccc(OC)cc3)c21. The predicted octanol–water partition coefficient (Wildman–Crippen LogP) is 12.3. The summed E-state index contributed by atoms with van der Waals surface area (Å²) in [5.41, 5.74) is 10.9. The Hall–Kier alpha value is -4.04. The molecule has 0 bridgehead atoms. The molecule has 45 heavy (non-hydrogen) atoms. The van der Waals surface area contributed by atoms with E-state index in [-0.39, 0.29) is 5.41 Å². The number of hydrogen-bond donors (Lipinski definition) is 0. The van der Waals surface area contributed by atoms with Crippen molar-refractivity contribution in [2.24, 2.45) is 0 Å². The monoisotopic (exact) mass is 598 g/mol. The Kier molecular flexibility index (Phi) is 11.4. The first kappa shape index (κ1) is 32.4. The van der Waals surface area contributed by atoms with E-state index in [1.807, 2.05) is 24.3 Å². The zero-order valence-corrected chi connectivity index (χ0v) is 27.8. The van der Waals surface area contributed by atoms with E-state index in [1.54, 1.807) is 14.2 Å². The Morgan fingerprint density at radius 1 is 0.533 bits per heavy atom. The highest BCUT2D eigenvalue weighted by Crippen LogP contribution is 2.57. The summed E-state index contributed by atoms with van der Waals surface area (Å²) in [6, 6.07) is 30.7. The maximum Gasteiger partial charge on any atom is 0.118 e. The summed E-state index contributed by atoms with van der Waals surface area (Å²) >= 11 is 0. The third-order valence-corrected chi connectivity index (χ3v) is 9.52. The van der Waals surface area contributed by atoms with Crippen molar-refractivity contribution in [2.45, 2.75) is 83.5 Å². The van der Waals surface area contributed by atoms with Crippen LogP contribution in [0.3, 0.4) is 0 Å². The van der Waals surface area contributed by atoms with Crippen molar-refractivity contribution in [3.63, 3.8) is 0 Å². The summed E-state index contributed by atoms with van der Waals surface area (Å²) in [6.07, 6.45) is 21.8. The van der Waals surface area contributed by atoms with Crippen molar-refractivity contribution in [3.05, 3.63) is 118 Å². The number of methoxy groups -OCH3 is 2. The Bertz CT molecular complexity index is 1560.